The van der Waals surface area contributed by atoms with Crippen molar-refractivity contribution in [2.75, 3.05) is 5.32 Å². The van der Waals surface area contributed by atoms with Crippen molar-refractivity contribution < 1.29 is 9.72 Å². The Morgan fingerprint density at radius 1 is 1.30 bits per heavy atom. The summed E-state index contributed by atoms with van der Waals surface area (Å²) in [6.45, 7) is 3.81. The van der Waals surface area contributed by atoms with Gasteiger partial charge in [0.25, 0.3) is 5.91 Å². The molecular weight excluding hydrogens is 372 g/mol. The molecule has 0 fully saturated rings. The Balaban J connectivity index is 1.66. The van der Waals surface area contributed by atoms with E-state index in [9.17, 15) is 14.9 Å². The van der Waals surface area contributed by atoms with Gasteiger partial charge in [-0.3, -0.25) is 9.48 Å². The maximum absolute atomic E-state index is 12.4. The molecule has 10 heteroatoms. The van der Waals surface area contributed by atoms with Gasteiger partial charge in [0.2, 0.25) is 0 Å². The molecular formula is C17H17ClN6O3. The lowest BCUT2D eigenvalue weighted by molar-refractivity contribution is -0.389. The van der Waals surface area contributed by atoms with Gasteiger partial charge >= 0.3 is 5.82 Å². The normalized spacial score (nSPS) is 12.0. The number of amides is 1. The van der Waals surface area contributed by atoms with E-state index in [0.29, 0.717) is 23.1 Å². The molecule has 0 aliphatic carbocycles. The maximum atomic E-state index is 12.4. The Kier molecular flexibility index (Phi) is 5.22. The predicted molar refractivity (Wildman–Crippen MR) is 99.7 cm³/mol. The number of hydrogen-bond donors (Lipinski definition) is 1. The van der Waals surface area contributed by atoms with E-state index in [2.05, 4.69) is 15.5 Å². The van der Waals surface area contributed by atoms with E-state index >= 15 is 0 Å². The Bertz CT molecular complexity index is 979. The van der Waals surface area contributed by atoms with Crippen LogP contribution in [0.4, 0.5) is 11.6 Å². The lowest BCUT2D eigenvalue weighted by atomic mass is 10.2. The molecule has 1 aromatic carbocycles. The van der Waals surface area contributed by atoms with Crippen LogP contribution >= 0.6 is 11.6 Å². The average Bonchev–Trinajstić information content (AvgIpc) is 3.23. The van der Waals surface area contributed by atoms with Gasteiger partial charge in [-0.2, -0.15) is 9.78 Å². The SMILES string of the molecule is Cc1cc([N+](=O)[O-])nn1C(C)C(=O)Nc1ccn(Cc2ccc(Cl)cc2)n1. The minimum atomic E-state index is -0.722. The summed E-state index contributed by atoms with van der Waals surface area (Å²) in [5.41, 5.74) is 1.55. The molecule has 27 heavy (non-hydrogen) atoms. The zero-order valence-electron chi connectivity index (χ0n) is 14.7. The zero-order valence-corrected chi connectivity index (χ0v) is 15.4. The first kappa shape index (κ1) is 18.6. The van der Waals surface area contributed by atoms with Crippen molar-refractivity contribution in [1.29, 1.82) is 0 Å². The molecule has 0 aliphatic heterocycles. The standard InChI is InChI=1S/C17H17ClN6O3/c1-11-9-16(24(26)27)21-23(11)12(2)17(25)19-15-7-8-22(20-15)10-13-3-5-14(18)6-4-13/h3-9,12H,10H2,1-2H3,(H,19,20,25). The molecule has 1 unspecified atom stereocenters. The van der Waals surface area contributed by atoms with E-state index in [1.54, 1.807) is 42.9 Å². The quantitative estimate of drug-likeness (QED) is 0.515. The highest BCUT2D eigenvalue weighted by molar-refractivity contribution is 6.30. The Morgan fingerprint density at radius 3 is 2.63 bits per heavy atom. The molecule has 1 atom stereocenters. The third-order valence-corrected chi connectivity index (χ3v) is 4.24. The number of anilines is 1. The number of benzene rings is 1. The van der Waals surface area contributed by atoms with Crippen LogP contribution < -0.4 is 5.32 Å². The molecule has 3 aromatic rings. The van der Waals surface area contributed by atoms with Gasteiger partial charge in [-0.1, -0.05) is 23.7 Å². The van der Waals surface area contributed by atoms with Crippen molar-refractivity contribution in [3.63, 3.8) is 0 Å². The monoisotopic (exact) mass is 388 g/mol. The minimum absolute atomic E-state index is 0.292. The first-order valence-electron chi connectivity index (χ1n) is 8.13. The summed E-state index contributed by atoms with van der Waals surface area (Å²) in [5, 5.41) is 22.4. The third kappa shape index (κ3) is 4.32. The number of aryl methyl sites for hydroxylation is 1. The van der Waals surface area contributed by atoms with Gasteiger partial charge < -0.3 is 15.4 Å². The molecule has 3 rings (SSSR count). The van der Waals surface area contributed by atoms with Gasteiger partial charge in [0.05, 0.1) is 23.4 Å². The smallest absolute Gasteiger partial charge is 0.358 e. The lowest BCUT2D eigenvalue weighted by Crippen LogP contribution is -2.25. The summed E-state index contributed by atoms with van der Waals surface area (Å²) < 4.78 is 3.01. The van der Waals surface area contributed by atoms with E-state index in [1.807, 2.05) is 12.1 Å². The summed E-state index contributed by atoms with van der Waals surface area (Å²) in [5.74, 6) is -0.271. The predicted octanol–water partition coefficient (Wildman–Crippen LogP) is 3.20. The zero-order chi connectivity index (χ0) is 19.6. The fourth-order valence-electron chi connectivity index (χ4n) is 2.59. The first-order chi connectivity index (χ1) is 12.8. The van der Waals surface area contributed by atoms with Crippen molar-refractivity contribution in [1.82, 2.24) is 19.6 Å². The highest BCUT2D eigenvalue weighted by Crippen LogP contribution is 2.18. The Morgan fingerprint density at radius 2 is 2.00 bits per heavy atom. The summed E-state index contributed by atoms with van der Waals surface area (Å²) in [4.78, 5) is 22.7. The second-order valence-electron chi connectivity index (χ2n) is 6.04. The van der Waals surface area contributed by atoms with E-state index < -0.39 is 11.0 Å². The number of nitrogens with one attached hydrogen (secondary N) is 1. The van der Waals surface area contributed by atoms with Gasteiger partial charge in [0, 0.05) is 17.3 Å². The van der Waals surface area contributed by atoms with Crippen molar-refractivity contribution >= 4 is 29.1 Å². The summed E-state index contributed by atoms with van der Waals surface area (Å²) in [6.07, 6.45) is 1.75. The van der Waals surface area contributed by atoms with E-state index in [1.165, 1.54) is 10.7 Å². The molecule has 140 valence electrons. The minimum Gasteiger partial charge on any atom is -0.358 e. The highest BCUT2D eigenvalue weighted by atomic mass is 35.5. The van der Waals surface area contributed by atoms with Gasteiger partial charge in [0.15, 0.2) is 5.82 Å². The van der Waals surface area contributed by atoms with Gasteiger partial charge in [-0.25, -0.2) is 0 Å². The summed E-state index contributed by atoms with van der Waals surface area (Å²) in [6, 6.07) is 9.69. The second-order valence-corrected chi connectivity index (χ2v) is 6.47. The van der Waals surface area contributed by atoms with Crippen LogP contribution in [0.1, 0.15) is 24.2 Å². The van der Waals surface area contributed by atoms with E-state index in [0.717, 1.165) is 5.56 Å². The molecule has 0 aliphatic rings. The van der Waals surface area contributed by atoms with Crippen LogP contribution in [0, 0.1) is 17.0 Å². The number of halogens is 1. The molecule has 2 aromatic heterocycles. The highest BCUT2D eigenvalue weighted by Gasteiger charge is 2.25. The molecule has 2 heterocycles. The molecule has 0 bridgehead atoms. The number of nitrogens with zero attached hydrogens (tertiary/aromatic N) is 5. The van der Waals surface area contributed by atoms with Crippen LogP contribution in [-0.4, -0.2) is 30.4 Å². The Hall–Kier alpha value is -3.20. The summed E-state index contributed by atoms with van der Waals surface area (Å²) in [7, 11) is 0. The summed E-state index contributed by atoms with van der Waals surface area (Å²) >= 11 is 5.87. The number of rotatable bonds is 6. The number of hydrogen-bond acceptors (Lipinski definition) is 5. The van der Waals surface area contributed by atoms with Crippen molar-refractivity contribution in [3.05, 3.63) is 69.0 Å². The number of carbonyl (C=O) groups is 1. The molecule has 1 amide bonds. The van der Waals surface area contributed by atoms with Crippen LogP contribution in [-0.2, 0) is 11.3 Å². The Labute approximate surface area is 159 Å². The third-order valence-electron chi connectivity index (χ3n) is 3.99. The van der Waals surface area contributed by atoms with E-state index in [4.69, 9.17) is 11.6 Å². The van der Waals surface area contributed by atoms with Gasteiger partial charge in [-0.05, 0) is 36.5 Å². The number of carbonyl (C=O) groups excluding carboxylic acids is 1. The fourth-order valence-corrected chi connectivity index (χ4v) is 2.71. The molecule has 0 saturated heterocycles. The second kappa shape index (κ2) is 7.58. The maximum Gasteiger partial charge on any atom is 0.390 e. The van der Waals surface area contributed by atoms with Gasteiger partial charge in [-0.15, -0.1) is 0 Å². The number of nitro groups is 1. The van der Waals surface area contributed by atoms with Crippen LogP contribution in [0.3, 0.4) is 0 Å². The molecule has 0 radical (unpaired) electrons. The molecule has 1 N–H and O–H groups in total. The van der Waals surface area contributed by atoms with Crippen molar-refractivity contribution in [2.45, 2.75) is 26.4 Å². The largest absolute Gasteiger partial charge is 0.390 e. The van der Waals surface area contributed by atoms with Crippen LogP contribution in [0.5, 0.6) is 0 Å². The van der Waals surface area contributed by atoms with Gasteiger partial charge in [0.1, 0.15) is 6.04 Å². The average molecular weight is 389 g/mol. The van der Waals surface area contributed by atoms with Crippen LogP contribution in [0.15, 0.2) is 42.6 Å². The topological polar surface area (TPSA) is 108 Å². The number of aromatic nitrogens is 4. The van der Waals surface area contributed by atoms with Crippen molar-refractivity contribution in [2.24, 2.45) is 0 Å². The molecule has 0 saturated carbocycles. The van der Waals surface area contributed by atoms with Crippen LogP contribution in [0.2, 0.25) is 5.02 Å². The van der Waals surface area contributed by atoms with Crippen molar-refractivity contribution in [3.8, 4) is 0 Å². The lowest BCUT2D eigenvalue weighted by Gasteiger charge is -2.09. The molecule has 9 nitrogen and oxygen atoms in total. The first-order valence-corrected chi connectivity index (χ1v) is 8.50. The van der Waals surface area contributed by atoms with E-state index in [-0.39, 0.29) is 11.7 Å². The molecule has 0 spiro atoms. The van der Waals surface area contributed by atoms with Crippen LogP contribution in [0.25, 0.3) is 0 Å². The fraction of sp³-hybridized carbons (Fsp3) is 0.235.